The van der Waals surface area contributed by atoms with Crippen LogP contribution in [0.3, 0.4) is 0 Å². The van der Waals surface area contributed by atoms with Crippen LogP contribution in [-0.2, 0) is 0 Å². The fourth-order valence-electron chi connectivity index (χ4n) is 2.48. The summed E-state index contributed by atoms with van der Waals surface area (Å²) in [6.07, 6.45) is 0.929. The lowest BCUT2D eigenvalue weighted by molar-refractivity contribution is -0.385. The van der Waals surface area contributed by atoms with E-state index in [2.05, 4.69) is 22.9 Å². The van der Waals surface area contributed by atoms with Crippen molar-refractivity contribution in [3.05, 3.63) is 39.4 Å². The van der Waals surface area contributed by atoms with Gasteiger partial charge in [-0.25, -0.2) is 0 Å². The molecule has 0 spiro atoms. The molecule has 5 nitrogen and oxygen atoms in total. The quantitative estimate of drug-likeness (QED) is 0.472. The Morgan fingerprint density at radius 3 is 2.75 bits per heavy atom. The second-order valence-electron chi connectivity index (χ2n) is 5.29. The van der Waals surface area contributed by atoms with Crippen LogP contribution in [0.2, 0.25) is 0 Å². The molecule has 0 radical (unpaired) electrons. The Balaban J connectivity index is 2.17. The van der Waals surface area contributed by atoms with E-state index in [0.717, 1.165) is 13.0 Å². The predicted octanol–water partition coefficient (Wildman–Crippen LogP) is 3.15. The first-order chi connectivity index (χ1) is 9.40. The molecule has 108 valence electrons. The monoisotopic (exact) mass is 340 g/mol. The molecule has 1 aromatic rings. The van der Waals surface area contributed by atoms with Crippen molar-refractivity contribution >= 4 is 27.5 Å². The minimum Gasteiger partial charge on any atom is -0.338 e. The van der Waals surface area contributed by atoms with Crippen molar-refractivity contribution < 1.29 is 9.72 Å². The lowest BCUT2D eigenvalue weighted by Crippen LogP contribution is -2.43. The minimum absolute atomic E-state index is 0.0470. The summed E-state index contributed by atoms with van der Waals surface area (Å²) >= 11 is 3.61. The highest BCUT2D eigenvalue weighted by molar-refractivity contribution is 9.09. The normalized spacial score (nSPS) is 22.6. The Labute approximate surface area is 126 Å². The van der Waals surface area contributed by atoms with Gasteiger partial charge in [0, 0.05) is 35.1 Å². The van der Waals surface area contributed by atoms with Crippen LogP contribution in [0.4, 0.5) is 5.69 Å². The molecule has 2 unspecified atom stereocenters. The molecular weight excluding hydrogens is 324 g/mol. The Morgan fingerprint density at radius 1 is 1.50 bits per heavy atom. The van der Waals surface area contributed by atoms with E-state index in [1.54, 1.807) is 19.1 Å². The molecule has 1 aliphatic heterocycles. The Kier molecular flexibility index (Phi) is 4.42. The maximum atomic E-state index is 12.4. The van der Waals surface area contributed by atoms with Gasteiger partial charge in [-0.05, 0) is 31.4 Å². The van der Waals surface area contributed by atoms with E-state index in [1.165, 1.54) is 6.07 Å². The van der Waals surface area contributed by atoms with E-state index in [4.69, 9.17) is 0 Å². The minimum atomic E-state index is -0.429. The average molecular weight is 341 g/mol. The smallest absolute Gasteiger partial charge is 0.272 e. The number of alkyl halides is 1. The molecule has 1 fully saturated rings. The number of aryl methyl sites for hydroxylation is 1. The second-order valence-corrected chi connectivity index (χ2v) is 6.47. The fourth-order valence-corrected chi connectivity index (χ4v) is 2.85. The summed E-state index contributed by atoms with van der Waals surface area (Å²) in [5, 5.41) is 10.8. The number of likely N-dealkylation sites (tertiary alicyclic amines) is 1. The number of rotatable bonds is 2. The van der Waals surface area contributed by atoms with Crippen molar-refractivity contribution in [1.82, 2.24) is 4.90 Å². The van der Waals surface area contributed by atoms with Crippen LogP contribution in [0.15, 0.2) is 18.2 Å². The van der Waals surface area contributed by atoms with Crippen LogP contribution in [0.5, 0.6) is 0 Å². The number of benzene rings is 1. The van der Waals surface area contributed by atoms with Gasteiger partial charge in [0.1, 0.15) is 0 Å². The van der Waals surface area contributed by atoms with Crippen molar-refractivity contribution in [3.8, 4) is 0 Å². The van der Waals surface area contributed by atoms with E-state index in [0.29, 0.717) is 28.4 Å². The number of halogens is 1. The summed E-state index contributed by atoms with van der Waals surface area (Å²) in [5.41, 5.74) is 1.09. The van der Waals surface area contributed by atoms with Gasteiger partial charge in [0.2, 0.25) is 0 Å². The van der Waals surface area contributed by atoms with Crippen LogP contribution in [0, 0.1) is 23.0 Å². The number of carbonyl (C=O) groups is 1. The molecule has 1 amide bonds. The number of nitro groups is 1. The van der Waals surface area contributed by atoms with Gasteiger partial charge in [-0.1, -0.05) is 22.9 Å². The summed E-state index contributed by atoms with van der Waals surface area (Å²) in [6, 6.07) is 4.55. The first-order valence-electron chi connectivity index (χ1n) is 6.58. The van der Waals surface area contributed by atoms with Crippen molar-refractivity contribution in [2.45, 2.75) is 25.1 Å². The molecule has 6 heteroatoms. The summed E-state index contributed by atoms with van der Waals surface area (Å²) < 4.78 is 0. The summed E-state index contributed by atoms with van der Waals surface area (Å²) in [5.74, 6) is 0.362. The van der Waals surface area contributed by atoms with Crippen LogP contribution in [-0.4, -0.2) is 33.6 Å². The predicted molar refractivity (Wildman–Crippen MR) is 80.2 cm³/mol. The first-order valence-corrected chi connectivity index (χ1v) is 7.50. The van der Waals surface area contributed by atoms with Crippen LogP contribution in [0.1, 0.15) is 29.3 Å². The van der Waals surface area contributed by atoms with Crippen molar-refractivity contribution in [2.75, 3.05) is 13.1 Å². The van der Waals surface area contributed by atoms with Gasteiger partial charge >= 0.3 is 0 Å². The molecule has 2 atom stereocenters. The van der Waals surface area contributed by atoms with E-state index < -0.39 is 4.92 Å². The van der Waals surface area contributed by atoms with Crippen LogP contribution >= 0.6 is 15.9 Å². The molecule has 0 aliphatic carbocycles. The SMILES string of the molecule is Cc1cc(C(=O)N2CCC(Br)C(C)C2)ccc1[N+](=O)[O-]. The molecule has 1 aromatic carbocycles. The van der Waals surface area contributed by atoms with Gasteiger partial charge in [-0.3, -0.25) is 14.9 Å². The lowest BCUT2D eigenvalue weighted by Gasteiger charge is -2.34. The number of carbonyl (C=O) groups excluding carboxylic acids is 1. The molecule has 0 N–H and O–H groups in total. The van der Waals surface area contributed by atoms with Gasteiger partial charge in [0.15, 0.2) is 0 Å². The third kappa shape index (κ3) is 3.00. The molecule has 0 bridgehead atoms. The molecule has 1 aliphatic rings. The zero-order valence-electron chi connectivity index (χ0n) is 11.5. The van der Waals surface area contributed by atoms with Gasteiger partial charge in [0.25, 0.3) is 11.6 Å². The highest BCUT2D eigenvalue weighted by atomic mass is 79.9. The number of hydrogen-bond acceptors (Lipinski definition) is 3. The highest BCUT2D eigenvalue weighted by Crippen LogP contribution is 2.25. The van der Waals surface area contributed by atoms with E-state index in [-0.39, 0.29) is 11.6 Å². The Hall–Kier alpha value is -1.43. The van der Waals surface area contributed by atoms with Gasteiger partial charge in [-0.2, -0.15) is 0 Å². The van der Waals surface area contributed by atoms with Gasteiger partial charge in [-0.15, -0.1) is 0 Å². The largest absolute Gasteiger partial charge is 0.338 e. The lowest BCUT2D eigenvalue weighted by atomic mass is 9.99. The molecular formula is C14H17BrN2O3. The third-order valence-electron chi connectivity index (χ3n) is 3.73. The Morgan fingerprint density at radius 2 is 2.20 bits per heavy atom. The maximum absolute atomic E-state index is 12.4. The summed E-state index contributed by atoms with van der Waals surface area (Å²) in [7, 11) is 0. The van der Waals surface area contributed by atoms with E-state index >= 15 is 0 Å². The van der Waals surface area contributed by atoms with E-state index in [9.17, 15) is 14.9 Å². The maximum Gasteiger partial charge on any atom is 0.272 e. The molecule has 0 saturated carbocycles. The van der Waals surface area contributed by atoms with Gasteiger partial charge in [0.05, 0.1) is 4.92 Å². The summed E-state index contributed by atoms with van der Waals surface area (Å²) in [4.78, 5) is 25.1. The zero-order valence-corrected chi connectivity index (χ0v) is 13.1. The van der Waals surface area contributed by atoms with Gasteiger partial charge < -0.3 is 4.90 Å². The van der Waals surface area contributed by atoms with Crippen LogP contribution < -0.4 is 0 Å². The van der Waals surface area contributed by atoms with Crippen LogP contribution in [0.25, 0.3) is 0 Å². The highest BCUT2D eigenvalue weighted by Gasteiger charge is 2.28. The van der Waals surface area contributed by atoms with Crippen molar-refractivity contribution in [2.24, 2.45) is 5.92 Å². The summed E-state index contributed by atoms with van der Waals surface area (Å²) in [6.45, 7) is 5.20. The number of nitro benzene ring substituents is 1. The molecule has 20 heavy (non-hydrogen) atoms. The fraction of sp³-hybridized carbons (Fsp3) is 0.500. The number of piperidine rings is 1. The molecule has 0 aromatic heterocycles. The molecule has 1 saturated heterocycles. The third-order valence-corrected chi connectivity index (χ3v) is 5.09. The number of nitrogens with zero attached hydrogens (tertiary/aromatic N) is 2. The van der Waals surface area contributed by atoms with Crippen molar-refractivity contribution in [3.63, 3.8) is 0 Å². The first kappa shape index (κ1) is 15.0. The number of hydrogen-bond donors (Lipinski definition) is 0. The van der Waals surface area contributed by atoms with Crippen molar-refractivity contribution in [1.29, 1.82) is 0 Å². The second kappa shape index (κ2) is 5.91. The molecule has 2 rings (SSSR count). The average Bonchev–Trinajstić information content (AvgIpc) is 2.40. The zero-order chi connectivity index (χ0) is 14.9. The topological polar surface area (TPSA) is 63.5 Å². The van der Waals surface area contributed by atoms with E-state index in [1.807, 2.05) is 4.90 Å². The number of amides is 1. The molecule has 1 heterocycles. The standard InChI is InChI=1S/C14H17BrN2O3/c1-9-7-11(3-4-13(9)17(19)20)14(18)16-6-5-12(15)10(2)8-16/h3-4,7,10,12H,5-6,8H2,1-2H3. The Bertz CT molecular complexity index is 547.